The van der Waals surface area contributed by atoms with Crippen molar-refractivity contribution in [3.8, 4) is 0 Å². The van der Waals surface area contributed by atoms with E-state index in [1.54, 1.807) is 7.05 Å². The Bertz CT molecular complexity index is 708. The molecular weight excluding hydrogens is 300 g/mol. The van der Waals surface area contributed by atoms with Crippen LogP contribution in [0.25, 0.3) is 0 Å². The minimum absolute atomic E-state index is 0.0202. The number of nitrogens with one attached hydrogen (secondary N) is 1. The zero-order chi connectivity index (χ0) is 17.5. The summed E-state index contributed by atoms with van der Waals surface area (Å²) in [5.74, 6) is -0.353. The number of benzene rings is 2. The van der Waals surface area contributed by atoms with E-state index in [-0.39, 0.29) is 18.4 Å². The molecule has 0 saturated carbocycles. The maximum absolute atomic E-state index is 12.4. The van der Waals surface area contributed by atoms with Gasteiger partial charge in [0.05, 0.1) is 6.54 Å². The van der Waals surface area contributed by atoms with Gasteiger partial charge < -0.3 is 10.2 Å². The molecule has 0 fully saturated rings. The first-order chi connectivity index (χ1) is 11.5. The summed E-state index contributed by atoms with van der Waals surface area (Å²) in [6, 6.07) is 15.2. The van der Waals surface area contributed by atoms with E-state index in [2.05, 4.69) is 12.2 Å². The Morgan fingerprint density at radius 3 is 2.25 bits per heavy atom. The number of carbonyl (C=O) groups is 2. The van der Waals surface area contributed by atoms with Crippen molar-refractivity contribution in [3.63, 3.8) is 0 Å². The second-order valence-corrected chi connectivity index (χ2v) is 5.77. The number of nitrogens with zero attached hydrogens (tertiary/aromatic N) is 1. The Labute approximate surface area is 143 Å². The molecule has 0 radical (unpaired) electrons. The van der Waals surface area contributed by atoms with Crippen molar-refractivity contribution in [2.45, 2.75) is 26.7 Å². The predicted molar refractivity (Wildman–Crippen MR) is 97.2 cm³/mol. The Morgan fingerprint density at radius 2 is 1.62 bits per heavy atom. The van der Waals surface area contributed by atoms with Crippen LogP contribution < -0.4 is 5.32 Å². The van der Waals surface area contributed by atoms with Gasteiger partial charge in [0.2, 0.25) is 5.91 Å². The number of amides is 2. The smallest absolute Gasteiger partial charge is 0.254 e. The summed E-state index contributed by atoms with van der Waals surface area (Å²) in [5, 5.41) is 2.88. The molecule has 0 spiro atoms. The molecule has 0 aromatic heterocycles. The molecule has 0 saturated heterocycles. The Kier molecular flexibility index (Phi) is 6.13. The summed E-state index contributed by atoms with van der Waals surface area (Å²) in [4.78, 5) is 26.1. The summed E-state index contributed by atoms with van der Waals surface area (Å²) >= 11 is 0. The maximum Gasteiger partial charge on any atom is 0.254 e. The van der Waals surface area contributed by atoms with E-state index in [1.165, 1.54) is 10.5 Å². The molecular formula is C20H24N2O2. The number of hydrogen-bond donors (Lipinski definition) is 1. The van der Waals surface area contributed by atoms with Crippen LogP contribution in [-0.4, -0.2) is 30.3 Å². The Hall–Kier alpha value is -2.62. The lowest BCUT2D eigenvalue weighted by molar-refractivity contribution is -0.116. The van der Waals surface area contributed by atoms with Gasteiger partial charge in [-0.3, -0.25) is 9.59 Å². The van der Waals surface area contributed by atoms with Crippen LogP contribution in [0.1, 0.15) is 35.3 Å². The first-order valence-electron chi connectivity index (χ1n) is 8.27. The lowest BCUT2D eigenvalue weighted by atomic mass is 10.1. The molecule has 0 unspecified atom stereocenters. The van der Waals surface area contributed by atoms with Gasteiger partial charge in [-0.05, 0) is 42.2 Å². The quantitative estimate of drug-likeness (QED) is 0.884. The van der Waals surface area contributed by atoms with Crippen molar-refractivity contribution in [2.75, 3.05) is 18.9 Å². The largest absolute Gasteiger partial charge is 0.332 e. The molecule has 126 valence electrons. The molecule has 0 aliphatic carbocycles. The zero-order valence-corrected chi connectivity index (χ0v) is 14.5. The highest BCUT2D eigenvalue weighted by Gasteiger charge is 2.15. The van der Waals surface area contributed by atoms with Crippen molar-refractivity contribution in [2.24, 2.45) is 0 Å². The third-order valence-corrected chi connectivity index (χ3v) is 4.01. The van der Waals surface area contributed by atoms with Crippen molar-refractivity contribution >= 4 is 17.5 Å². The van der Waals surface area contributed by atoms with Gasteiger partial charge in [0.15, 0.2) is 0 Å². The minimum Gasteiger partial charge on any atom is -0.332 e. The molecule has 0 heterocycles. The van der Waals surface area contributed by atoms with E-state index >= 15 is 0 Å². The molecule has 2 amide bonds. The van der Waals surface area contributed by atoms with Crippen molar-refractivity contribution in [1.29, 1.82) is 0 Å². The van der Waals surface area contributed by atoms with E-state index in [9.17, 15) is 9.59 Å². The normalized spacial score (nSPS) is 10.3. The number of aryl methyl sites for hydroxylation is 2. The summed E-state index contributed by atoms with van der Waals surface area (Å²) in [6.07, 6.45) is 1.78. The average molecular weight is 324 g/mol. The fraction of sp³-hybridized carbons (Fsp3) is 0.300. The van der Waals surface area contributed by atoms with Gasteiger partial charge >= 0.3 is 0 Å². The summed E-state index contributed by atoms with van der Waals surface area (Å²) in [7, 11) is 1.64. The van der Waals surface area contributed by atoms with Gasteiger partial charge in [-0.2, -0.15) is 0 Å². The average Bonchev–Trinajstić information content (AvgIpc) is 2.61. The molecule has 2 rings (SSSR count). The number of carbonyl (C=O) groups excluding carboxylic acids is 2. The van der Waals surface area contributed by atoms with Gasteiger partial charge in [0.1, 0.15) is 0 Å². The SMILES string of the molecule is CCc1ccc(C(=O)N(C)CC(=O)Nc2ccccc2CC)cc1. The van der Waals surface area contributed by atoms with Crippen molar-refractivity contribution < 1.29 is 9.59 Å². The number of hydrogen-bond acceptors (Lipinski definition) is 2. The molecule has 1 N–H and O–H groups in total. The summed E-state index contributed by atoms with van der Waals surface area (Å²) in [5.41, 5.74) is 3.66. The molecule has 0 aliphatic heterocycles. The molecule has 2 aromatic rings. The Balaban J connectivity index is 1.98. The monoisotopic (exact) mass is 324 g/mol. The second-order valence-electron chi connectivity index (χ2n) is 5.77. The highest BCUT2D eigenvalue weighted by Crippen LogP contribution is 2.15. The third kappa shape index (κ3) is 4.44. The highest BCUT2D eigenvalue weighted by atomic mass is 16.2. The van der Waals surface area contributed by atoms with Crippen LogP contribution in [0.2, 0.25) is 0 Å². The van der Waals surface area contributed by atoms with Crippen LogP contribution in [0, 0.1) is 0 Å². The topological polar surface area (TPSA) is 49.4 Å². The van der Waals surface area contributed by atoms with Gasteiger partial charge in [-0.1, -0.05) is 44.2 Å². The molecule has 0 aliphatic rings. The van der Waals surface area contributed by atoms with Gasteiger partial charge in [-0.15, -0.1) is 0 Å². The standard InChI is InChI=1S/C20H24N2O2/c1-4-15-10-12-17(13-11-15)20(24)22(3)14-19(23)21-18-9-7-6-8-16(18)5-2/h6-13H,4-5,14H2,1-3H3,(H,21,23). The van der Waals surface area contributed by atoms with Crippen LogP contribution >= 0.6 is 0 Å². The number of anilines is 1. The van der Waals surface area contributed by atoms with Crippen molar-refractivity contribution in [3.05, 3.63) is 65.2 Å². The molecule has 0 atom stereocenters. The number of rotatable bonds is 6. The van der Waals surface area contributed by atoms with Gasteiger partial charge in [0.25, 0.3) is 5.91 Å². The van der Waals surface area contributed by atoms with Crippen LogP contribution in [0.4, 0.5) is 5.69 Å². The van der Waals surface area contributed by atoms with Crippen LogP contribution in [0.15, 0.2) is 48.5 Å². The van der Waals surface area contributed by atoms with Crippen LogP contribution in [-0.2, 0) is 17.6 Å². The fourth-order valence-electron chi connectivity index (χ4n) is 2.53. The lowest BCUT2D eigenvalue weighted by Gasteiger charge is -2.18. The number of likely N-dealkylation sites (N-methyl/N-ethyl adjacent to an activating group) is 1. The maximum atomic E-state index is 12.4. The van der Waals surface area contributed by atoms with Crippen molar-refractivity contribution in [1.82, 2.24) is 4.90 Å². The van der Waals surface area contributed by atoms with Crippen LogP contribution in [0.3, 0.4) is 0 Å². The second kappa shape index (κ2) is 8.29. The van der Waals surface area contributed by atoms with Crippen LogP contribution in [0.5, 0.6) is 0 Å². The van der Waals surface area contributed by atoms with E-state index in [0.717, 1.165) is 24.1 Å². The zero-order valence-electron chi connectivity index (χ0n) is 14.5. The van der Waals surface area contributed by atoms with E-state index < -0.39 is 0 Å². The van der Waals surface area contributed by atoms with E-state index in [4.69, 9.17) is 0 Å². The van der Waals surface area contributed by atoms with E-state index in [1.807, 2.05) is 55.5 Å². The summed E-state index contributed by atoms with van der Waals surface area (Å²) in [6.45, 7) is 4.13. The van der Waals surface area contributed by atoms with E-state index in [0.29, 0.717) is 5.56 Å². The highest BCUT2D eigenvalue weighted by molar-refractivity contribution is 5.99. The first kappa shape index (κ1) is 17.7. The third-order valence-electron chi connectivity index (χ3n) is 4.01. The lowest BCUT2D eigenvalue weighted by Crippen LogP contribution is -2.35. The predicted octanol–water partition coefficient (Wildman–Crippen LogP) is 3.52. The molecule has 2 aromatic carbocycles. The fourth-order valence-corrected chi connectivity index (χ4v) is 2.53. The number of para-hydroxylation sites is 1. The summed E-state index contributed by atoms with van der Waals surface area (Å²) < 4.78 is 0. The molecule has 24 heavy (non-hydrogen) atoms. The van der Waals surface area contributed by atoms with Gasteiger partial charge in [-0.25, -0.2) is 0 Å². The minimum atomic E-state index is -0.197. The Morgan fingerprint density at radius 1 is 0.958 bits per heavy atom. The molecule has 4 heteroatoms. The molecule has 0 bridgehead atoms. The molecule has 4 nitrogen and oxygen atoms in total. The van der Waals surface area contributed by atoms with Gasteiger partial charge in [0, 0.05) is 18.3 Å². The first-order valence-corrected chi connectivity index (χ1v) is 8.27.